The minimum atomic E-state index is -0.486. The van der Waals surface area contributed by atoms with Crippen LogP contribution in [0.15, 0.2) is 70.6 Å². The van der Waals surface area contributed by atoms with Gasteiger partial charge in [0.25, 0.3) is 5.56 Å². The molecule has 0 bridgehead atoms. The van der Waals surface area contributed by atoms with Crippen molar-refractivity contribution >= 4 is 45.9 Å². The van der Waals surface area contributed by atoms with Gasteiger partial charge in [-0.3, -0.25) is 14.2 Å². The second-order valence-electron chi connectivity index (χ2n) is 7.23. The summed E-state index contributed by atoms with van der Waals surface area (Å²) in [7, 11) is 0. The summed E-state index contributed by atoms with van der Waals surface area (Å²) in [5.41, 5.74) is 3.39. The third kappa shape index (κ3) is 4.40. The summed E-state index contributed by atoms with van der Waals surface area (Å²) in [5, 5.41) is 3.68. The van der Waals surface area contributed by atoms with E-state index in [9.17, 15) is 14.0 Å². The normalized spacial score (nSPS) is 11.0. The van der Waals surface area contributed by atoms with Gasteiger partial charge in [-0.05, 0) is 61.4 Å². The van der Waals surface area contributed by atoms with Crippen LogP contribution in [0.25, 0.3) is 16.6 Å². The maximum atomic E-state index is 13.4. The van der Waals surface area contributed by atoms with E-state index < -0.39 is 5.82 Å². The summed E-state index contributed by atoms with van der Waals surface area (Å²) in [6.45, 7) is 3.93. The van der Waals surface area contributed by atoms with E-state index in [2.05, 4.69) is 10.3 Å². The smallest absolute Gasteiger partial charge is 0.266 e. The highest BCUT2D eigenvalue weighted by molar-refractivity contribution is 7.99. The number of thioether (sulfide) groups is 1. The summed E-state index contributed by atoms with van der Waals surface area (Å²) in [4.78, 5) is 30.6. The van der Waals surface area contributed by atoms with E-state index in [1.54, 1.807) is 22.8 Å². The van der Waals surface area contributed by atoms with Crippen LogP contribution in [0.5, 0.6) is 0 Å². The van der Waals surface area contributed by atoms with Crippen LogP contribution in [-0.4, -0.2) is 21.2 Å². The van der Waals surface area contributed by atoms with Crippen molar-refractivity contribution < 1.29 is 9.18 Å². The summed E-state index contributed by atoms with van der Waals surface area (Å²) in [6, 6.07) is 16.6. The topological polar surface area (TPSA) is 64.0 Å². The second-order valence-corrected chi connectivity index (χ2v) is 8.58. The lowest BCUT2D eigenvalue weighted by molar-refractivity contribution is -0.113. The highest BCUT2D eigenvalue weighted by Crippen LogP contribution is 2.26. The van der Waals surface area contributed by atoms with Crippen LogP contribution in [0.1, 0.15) is 11.1 Å². The zero-order valence-electron chi connectivity index (χ0n) is 17.4. The number of anilines is 1. The lowest BCUT2D eigenvalue weighted by Gasteiger charge is -2.16. The predicted molar refractivity (Wildman–Crippen MR) is 128 cm³/mol. The SMILES string of the molecule is Cc1cccc(-n2c(SCC(=O)Nc3ccc(F)cc3Cl)nc3ccccc3c2=O)c1C. The Morgan fingerprint density at radius 2 is 1.91 bits per heavy atom. The van der Waals surface area contributed by atoms with Crippen molar-refractivity contribution in [1.82, 2.24) is 9.55 Å². The number of aromatic nitrogens is 2. The van der Waals surface area contributed by atoms with E-state index in [0.717, 1.165) is 34.6 Å². The lowest BCUT2D eigenvalue weighted by Crippen LogP contribution is -2.23. The van der Waals surface area contributed by atoms with E-state index in [1.807, 2.05) is 38.1 Å². The predicted octanol–water partition coefficient (Wildman–Crippen LogP) is 5.53. The van der Waals surface area contributed by atoms with Crippen molar-refractivity contribution in [3.05, 3.63) is 93.0 Å². The molecule has 3 aromatic carbocycles. The average molecular weight is 468 g/mol. The molecule has 0 saturated carbocycles. The largest absolute Gasteiger partial charge is 0.324 e. The first kappa shape index (κ1) is 22.0. The third-order valence-electron chi connectivity index (χ3n) is 5.10. The first-order chi connectivity index (χ1) is 15.3. The fourth-order valence-corrected chi connectivity index (χ4v) is 4.33. The highest BCUT2D eigenvalue weighted by Gasteiger charge is 2.17. The monoisotopic (exact) mass is 467 g/mol. The molecule has 5 nitrogen and oxygen atoms in total. The molecule has 0 aliphatic carbocycles. The van der Waals surface area contributed by atoms with Gasteiger partial charge in [-0.2, -0.15) is 0 Å². The molecule has 1 aromatic heterocycles. The zero-order chi connectivity index (χ0) is 22.8. The van der Waals surface area contributed by atoms with Gasteiger partial charge in [-0.1, -0.05) is 47.6 Å². The van der Waals surface area contributed by atoms with Crippen molar-refractivity contribution in [3.63, 3.8) is 0 Å². The molecule has 0 radical (unpaired) electrons. The minimum absolute atomic E-state index is 0.0106. The Balaban J connectivity index is 1.70. The first-order valence-corrected chi connectivity index (χ1v) is 11.2. The number of rotatable bonds is 5. The molecule has 0 unspecified atom stereocenters. The van der Waals surface area contributed by atoms with Gasteiger partial charge in [0.15, 0.2) is 5.16 Å². The molecule has 32 heavy (non-hydrogen) atoms. The number of fused-ring (bicyclic) bond motifs is 1. The molecule has 0 fully saturated rings. The number of benzene rings is 3. The van der Waals surface area contributed by atoms with E-state index in [4.69, 9.17) is 11.6 Å². The van der Waals surface area contributed by atoms with Crippen molar-refractivity contribution in [2.75, 3.05) is 11.1 Å². The Morgan fingerprint density at radius 3 is 2.69 bits per heavy atom. The molecule has 0 aliphatic rings. The molecular weight excluding hydrogens is 449 g/mol. The van der Waals surface area contributed by atoms with Gasteiger partial charge in [0.1, 0.15) is 5.82 Å². The fourth-order valence-electron chi connectivity index (χ4n) is 3.31. The number of aryl methyl sites for hydroxylation is 1. The van der Waals surface area contributed by atoms with Crippen molar-refractivity contribution in [2.24, 2.45) is 0 Å². The maximum Gasteiger partial charge on any atom is 0.266 e. The lowest BCUT2D eigenvalue weighted by atomic mass is 10.1. The Kier molecular flexibility index (Phi) is 6.30. The van der Waals surface area contributed by atoms with Gasteiger partial charge in [-0.25, -0.2) is 9.37 Å². The molecule has 8 heteroatoms. The van der Waals surface area contributed by atoms with E-state index >= 15 is 0 Å². The molecule has 1 heterocycles. The molecule has 0 atom stereocenters. The Morgan fingerprint density at radius 1 is 1.12 bits per heavy atom. The molecular formula is C24H19ClFN3O2S. The zero-order valence-corrected chi connectivity index (χ0v) is 18.9. The Labute approximate surface area is 193 Å². The van der Waals surface area contributed by atoms with Crippen LogP contribution in [0, 0.1) is 19.7 Å². The van der Waals surface area contributed by atoms with E-state index in [0.29, 0.717) is 21.7 Å². The van der Waals surface area contributed by atoms with Gasteiger partial charge in [0.05, 0.1) is 33.1 Å². The van der Waals surface area contributed by atoms with Crippen molar-refractivity contribution in [2.45, 2.75) is 19.0 Å². The Bertz CT molecular complexity index is 1400. The number of nitrogens with one attached hydrogen (secondary N) is 1. The number of halogens is 2. The molecule has 0 spiro atoms. The molecule has 162 valence electrons. The van der Waals surface area contributed by atoms with Crippen LogP contribution in [0.2, 0.25) is 5.02 Å². The molecule has 0 saturated heterocycles. The molecule has 1 amide bonds. The van der Waals surface area contributed by atoms with Gasteiger partial charge >= 0.3 is 0 Å². The van der Waals surface area contributed by atoms with E-state index in [-0.39, 0.29) is 22.2 Å². The van der Waals surface area contributed by atoms with Crippen LogP contribution in [0.3, 0.4) is 0 Å². The van der Waals surface area contributed by atoms with Gasteiger partial charge in [-0.15, -0.1) is 0 Å². The number of hydrogen-bond acceptors (Lipinski definition) is 4. The third-order valence-corrected chi connectivity index (χ3v) is 6.35. The summed E-state index contributed by atoms with van der Waals surface area (Å²) < 4.78 is 14.8. The highest BCUT2D eigenvalue weighted by atomic mass is 35.5. The number of hydrogen-bond donors (Lipinski definition) is 1. The van der Waals surface area contributed by atoms with E-state index in [1.165, 1.54) is 12.1 Å². The summed E-state index contributed by atoms with van der Waals surface area (Å²) in [5.74, 6) is -0.845. The number of carbonyl (C=O) groups is 1. The molecule has 0 aliphatic heterocycles. The number of para-hydroxylation sites is 1. The molecule has 4 aromatic rings. The first-order valence-electron chi connectivity index (χ1n) is 9.81. The van der Waals surface area contributed by atoms with Crippen LogP contribution < -0.4 is 10.9 Å². The summed E-state index contributed by atoms with van der Waals surface area (Å²) >= 11 is 7.14. The fraction of sp³-hybridized carbons (Fsp3) is 0.125. The van der Waals surface area contributed by atoms with Crippen molar-refractivity contribution in [3.8, 4) is 5.69 Å². The van der Waals surface area contributed by atoms with Crippen LogP contribution in [-0.2, 0) is 4.79 Å². The van der Waals surface area contributed by atoms with Crippen LogP contribution in [0.4, 0.5) is 10.1 Å². The van der Waals surface area contributed by atoms with Gasteiger partial charge < -0.3 is 5.32 Å². The van der Waals surface area contributed by atoms with Crippen molar-refractivity contribution in [1.29, 1.82) is 0 Å². The van der Waals surface area contributed by atoms with Gasteiger partial charge in [0, 0.05) is 0 Å². The van der Waals surface area contributed by atoms with Gasteiger partial charge in [0.2, 0.25) is 5.91 Å². The molecule has 1 N–H and O–H groups in total. The molecule has 4 rings (SSSR count). The maximum absolute atomic E-state index is 13.4. The quantitative estimate of drug-likeness (QED) is 0.310. The number of carbonyl (C=O) groups excluding carboxylic acids is 1. The van der Waals surface area contributed by atoms with Crippen LogP contribution >= 0.6 is 23.4 Å². The standard InChI is InChI=1S/C24H19ClFN3O2S/c1-14-6-5-9-21(15(14)2)29-23(31)17-7-3-4-8-19(17)28-24(29)32-13-22(30)27-20-11-10-16(26)12-18(20)25/h3-12H,13H2,1-2H3,(H,27,30). The Hall–Kier alpha value is -3.16. The average Bonchev–Trinajstić information content (AvgIpc) is 2.77. The summed E-state index contributed by atoms with van der Waals surface area (Å²) in [6.07, 6.45) is 0. The number of amides is 1. The minimum Gasteiger partial charge on any atom is -0.324 e. The number of nitrogens with zero attached hydrogens (tertiary/aromatic N) is 2. The second kappa shape index (κ2) is 9.14.